The third-order valence-electron chi connectivity index (χ3n) is 4.21. The van der Waals surface area contributed by atoms with Crippen molar-refractivity contribution in [3.63, 3.8) is 0 Å². The van der Waals surface area contributed by atoms with E-state index < -0.39 is 8.32 Å². The van der Waals surface area contributed by atoms with Crippen molar-refractivity contribution in [3.05, 3.63) is 35.9 Å². The van der Waals surface area contributed by atoms with Crippen molar-refractivity contribution in [2.24, 2.45) is 5.92 Å². The van der Waals surface area contributed by atoms with Crippen molar-refractivity contribution in [2.75, 3.05) is 21.3 Å². The van der Waals surface area contributed by atoms with Crippen molar-refractivity contribution < 1.29 is 22.5 Å². The summed E-state index contributed by atoms with van der Waals surface area (Å²) in [6.07, 6.45) is 3.28. The van der Waals surface area contributed by atoms with Gasteiger partial charge in [-0.1, -0.05) is 36.8 Å². The molecular weight excluding hydrogens is 328 g/mol. The molecule has 2 rings (SSSR count). The monoisotopic (exact) mass is 352 g/mol. The van der Waals surface area contributed by atoms with Crippen LogP contribution >= 0.6 is 0 Å². The van der Waals surface area contributed by atoms with E-state index in [0.29, 0.717) is 6.42 Å². The van der Waals surface area contributed by atoms with E-state index in [1.165, 1.54) is 0 Å². The zero-order valence-electron chi connectivity index (χ0n) is 13.9. The summed E-state index contributed by atoms with van der Waals surface area (Å²) < 4.78 is 22.5. The van der Waals surface area contributed by atoms with Crippen LogP contribution in [0.1, 0.15) is 37.4 Å². The number of rotatable bonds is 8. The Morgan fingerprint density at radius 2 is 1.74 bits per heavy atom. The highest BCUT2D eigenvalue weighted by atomic mass is 29.2. The SMILES string of the molecule is CO[Si](OC)(OC)[Si]O[C@@H](c1ccccc1)[C@@H]1CCCCC1=O. The van der Waals surface area contributed by atoms with Crippen LogP contribution in [0.4, 0.5) is 0 Å². The summed E-state index contributed by atoms with van der Waals surface area (Å²) in [5.41, 5.74) is 1.02. The third kappa shape index (κ3) is 4.59. The molecule has 1 aromatic rings. The van der Waals surface area contributed by atoms with Crippen LogP contribution in [0.5, 0.6) is 0 Å². The maximum absolute atomic E-state index is 12.4. The Kier molecular flexibility index (Phi) is 7.13. The van der Waals surface area contributed by atoms with Crippen LogP contribution < -0.4 is 0 Å². The minimum atomic E-state index is -2.80. The van der Waals surface area contributed by atoms with Crippen molar-refractivity contribution in [1.82, 2.24) is 0 Å². The van der Waals surface area contributed by atoms with Gasteiger partial charge in [0.15, 0.2) is 0 Å². The van der Waals surface area contributed by atoms with Crippen molar-refractivity contribution in [3.8, 4) is 0 Å². The van der Waals surface area contributed by atoms with E-state index in [9.17, 15) is 4.79 Å². The summed E-state index contributed by atoms with van der Waals surface area (Å²) in [6, 6.07) is 9.91. The Balaban J connectivity index is 2.18. The maximum atomic E-state index is 12.4. The fourth-order valence-corrected chi connectivity index (χ4v) is 5.75. The van der Waals surface area contributed by atoms with Crippen molar-refractivity contribution >= 4 is 23.4 Å². The average molecular weight is 353 g/mol. The molecule has 0 unspecified atom stereocenters. The first-order valence-corrected chi connectivity index (χ1v) is 11.4. The minimum Gasteiger partial charge on any atom is -0.406 e. The highest BCUT2D eigenvalue weighted by Crippen LogP contribution is 2.35. The van der Waals surface area contributed by atoms with Gasteiger partial charge in [0.05, 0.1) is 6.10 Å². The standard InChI is InChI=1S/C16H24O5Si2/c1-18-23(19-2,20-3)22-21-16(13-9-5-4-6-10-13)14-11-7-8-12-15(14)17/h4-6,9-10,14,16H,7-8,11-12H2,1-3H3/t14-,16+/m1/s1. The molecule has 1 aliphatic carbocycles. The van der Waals surface area contributed by atoms with Crippen LogP contribution in [0.2, 0.25) is 0 Å². The molecule has 7 heteroatoms. The number of hydrogen-bond donors (Lipinski definition) is 0. The molecule has 1 fully saturated rings. The van der Waals surface area contributed by atoms with Gasteiger partial charge in [-0.05, 0) is 18.4 Å². The van der Waals surface area contributed by atoms with E-state index in [2.05, 4.69) is 0 Å². The molecule has 0 heterocycles. The summed E-state index contributed by atoms with van der Waals surface area (Å²) in [5, 5.41) is 0. The molecule has 23 heavy (non-hydrogen) atoms. The predicted octanol–water partition coefficient (Wildman–Crippen LogP) is 2.50. The van der Waals surface area contributed by atoms with Crippen molar-refractivity contribution in [1.29, 1.82) is 0 Å². The summed E-state index contributed by atoms with van der Waals surface area (Å²) in [6.45, 7) is 0. The van der Waals surface area contributed by atoms with Crippen LogP contribution in [0.3, 0.4) is 0 Å². The first-order chi connectivity index (χ1) is 11.2. The molecule has 1 saturated carbocycles. The fourth-order valence-electron chi connectivity index (χ4n) is 2.87. The van der Waals surface area contributed by atoms with Crippen LogP contribution in [-0.4, -0.2) is 44.7 Å². The number of ketones is 1. The number of carbonyl (C=O) groups is 1. The van der Waals surface area contributed by atoms with Gasteiger partial charge in [-0.25, -0.2) is 0 Å². The second kappa shape index (κ2) is 8.86. The number of hydrogen-bond acceptors (Lipinski definition) is 5. The molecular formula is C16H24O5Si2. The van der Waals surface area contributed by atoms with E-state index in [1.54, 1.807) is 21.3 Å². The zero-order chi connectivity index (χ0) is 16.7. The maximum Gasteiger partial charge on any atom is 0.501 e. The topological polar surface area (TPSA) is 54.0 Å². The second-order valence-electron chi connectivity index (χ2n) is 5.54. The lowest BCUT2D eigenvalue weighted by Gasteiger charge is -2.32. The molecule has 0 aromatic heterocycles. The molecule has 0 saturated heterocycles. The summed E-state index contributed by atoms with van der Waals surface area (Å²) in [4.78, 5) is 12.4. The van der Waals surface area contributed by atoms with E-state index in [-0.39, 0.29) is 27.1 Å². The molecule has 1 aromatic carbocycles. The van der Waals surface area contributed by atoms with Gasteiger partial charge in [-0.2, -0.15) is 0 Å². The van der Waals surface area contributed by atoms with Crippen LogP contribution in [0.25, 0.3) is 0 Å². The lowest BCUT2D eigenvalue weighted by molar-refractivity contribution is -0.128. The lowest BCUT2D eigenvalue weighted by Crippen LogP contribution is -2.51. The molecule has 0 amide bonds. The normalized spacial score (nSPS) is 20.5. The average Bonchev–Trinajstić information content (AvgIpc) is 2.61. The third-order valence-corrected chi connectivity index (χ3v) is 9.39. The van der Waals surface area contributed by atoms with Gasteiger partial charge in [-0.15, -0.1) is 0 Å². The van der Waals surface area contributed by atoms with Gasteiger partial charge in [0.25, 0.3) is 0 Å². The molecule has 5 nitrogen and oxygen atoms in total. The first-order valence-electron chi connectivity index (χ1n) is 7.81. The van der Waals surface area contributed by atoms with E-state index in [1.807, 2.05) is 30.3 Å². The highest BCUT2D eigenvalue weighted by molar-refractivity contribution is 7.12. The molecule has 0 bridgehead atoms. The molecule has 2 radical (unpaired) electrons. The largest absolute Gasteiger partial charge is 0.501 e. The Bertz CT molecular complexity index is 484. The zero-order valence-corrected chi connectivity index (χ0v) is 15.9. The minimum absolute atomic E-state index is 0.0665. The molecule has 0 aliphatic heterocycles. The van der Waals surface area contributed by atoms with Gasteiger partial charge in [0.2, 0.25) is 0 Å². The molecule has 0 N–H and O–H groups in total. The Labute approximate surface area is 141 Å². The Morgan fingerprint density at radius 3 is 2.30 bits per heavy atom. The Hall–Kier alpha value is -0.836. The van der Waals surface area contributed by atoms with Gasteiger partial charge < -0.3 is 17.7 Å². The highest BCUT2D eigenvalue weighted by Gasteiger charge is 2.43. The molecule has 2 atom stereocenters. The van der Waals surface area contributed by atoms with E-state index >= 15 is 0 Å². The molecule has 0 spiro atoms. The summed E-state index contributed by atoms with van der Waals surface area (Å²) >= 11 is 0. The van der Waals surface area contributed by atoms with Crippen molar-refractivity contribution in [2.45, 2.75) is 31.8 Å². The number of Topliss-reactive ketones (excluding diaryl/α,β-unsaturated/α-hetero) is 1. The van der Waals surface area contributed by atoms with Gasteiger partial charge >= 0.3 is 17.6 Å². The van der Waals surface area contributed by atoms with Gasteiger partial charge in [-0.3, -0.25) is 4.79 Å². The Morgan fingerprint density at radius 1 is 1.09 bits per heavy atom. The van der Waals surface area contributed by atoms with E-state index in [4.69, 9.17) is 17.7 Å². The van der Waals surface area contributed by atoms with Gasteiger partial charge in [0, 0.05) is 33.7 Å². The van der Waals surface area contributed by atoms with Crippen LogP contribution in [0.15, 0.2) is 30.3 Å². The summed E-state index contributed by atoms with van der Waals surface area (Å²) in [7, 11) is 1.83. The quantitative estimate of drug-likeness (QED) is 0.673. The second-order valence-corrected chi connectivity index (χ2v) is 10.8. The first kappa shape index (κ1) is 18.5. The van der Waals surface area contributed by atoms with Crippen LogP contribution in [-0.2, 0) is 22.5 Å². The predicted molar refractivity (Wildman–Crippen MR) is 89.8 cm³/mol. The van der Waals surface area contributed by atoms with Gasteiger partial charge in [0.1, 0.15) is 5.78 Å². The fraction of sp³-hybridized carbons (Fsp3) is 0.562. The molecule has 126 valence electrons. The van der Waals surface area contributed by atoms with Crippen LogP contribution in [0, 0.1) is 5.92 Å². The number of benzene rings is 1. The summed E-state index contributed by atoms with van der Waals surface area (Å²) in [5.74, 6) is 0.185. The smallest absolute Gasteiger partial charge is 0.406 e. The van der Waals surface area contributed by atoms with E-state index in [0.717, 1.165) is 24.8 Å². The lowest BCUT2D eigenvalue weighted by atomic mass is 9.82. The molecule has 1 aliphatic rings. The number of carbonyl (C=O) groups excluding carboxylic acids is 1.